The van der Waals surface area contributed by atoms with Crippen LogP contribution in [0.4, 0.5) is 12.5 Å². The van der Waals surface area contributed by atoms with Crippen LogP contribution >= 0.6 is 0 Å². The Hall–Kier alpha value is 2.22. The van der Waals surface area contributed by atoms with Crippen LogP contribution in [0.15, 0.2) is 0 Å². The molecule has 0 atom stereocenters. The third-order valence-corrected chi connectivity index (χ3v) is 0. The Morgan fingerprint density at radius 3 is 1.10 bits per heavy atom. The van der Waals surface area contributed by atoms with E-state index in [0.717, 1.165) is 7.11 Å². The Balaban J connectivity index is -0.0000000154. The fourth-order valence-corrected chi connectivity index (χ4v) is 0. The van der Waals surface area contributed by atoms with Gasteiger partial charge in [-0.2, -0.15) is 15.5 Å². The molecule has 0 aromatic carbocycles. The van der Waals surface area contributed by atoms with Crippen LogP contribution in [0.5, 0.6) is 0 Å². The zero-order valence-corrected chi connectivity index (χ0v) is 6.73. The summed E-state index contributed by atoms with van der Waals surface area (Å²) in [7, 11) is -4.92. The van der Waals surface area contributed by atoms with Gasteiger partial charge in [0.05, 0.1) is 0 Å². The first-order valence-electron chi connectivity index (χ1n) is 1.05. The molecular weight excluding hydrogens is 229 g/mol. The monoisotopic (exact) mass is 233 g/mol. The van der Waals surface area contributed by atoms with Crippen LogP contribution in [0.2, 0.25) is 0 Å². The molecule has 3 nitrogen and oxygen atoms in total. The Morgan fingerprint density at radius 2 is 1.10 bits per heavy atom. The van der Waals surface area contributed by atoms with Gasteiger partial charge in [-0.15, -0.1) is 0 Å². The van der Waals surface area contributed by atoms with Gasteiger partial charge in [-0.25, -0.2) is 0 Å². The predicted molar refractivity (Wildman–Crippen MR) is 19.6 cm³/mol. The van der Waals surface area contributed by atoms with Crippen molar-refractivity contribution in [1.29, 1.82) is 0 Å². The zero-order valence-electron chi connectivity index (χ0n) is 4.50. The first kappa shape index (κ1) is 29.5. The van der Waals surface area contributed by atoms with E-state index in [2.05, 4.69) is 0 Å². The molecule has 0 bridgehead atoms. The van der Waals surface area contributed by atoms with E-state index < -0.39 is 10.6 Å². The molecule has 0 aromatic heterocycles. The molecule has 0 heterocycles. The fraction of sp³-hybridized carbons (Fsp3) is 1.00. The van der Waals surface area contributed by atoms with E-state index in [9.17, 15) is 7.77 Å². The summed E-state index contributed by atoms with van der Waals surface area (Å²) in [6, 6.07) is 0. The number of halogens is 3. The average Bonchev–Trinajstić information content (AvgIpc) is 1.36. The Bertz CT molecular complexity index is 105. The van der Waals surface area contributed by atoms with Gasteiger partial charge < -0.3 is 5.11 Å². The van der Waals surface area contributed by atoms with Gasteiger partial charge in [0.15, 0.2) is 0 Å². The van der Waals surface area contributed by atoms with E-state index in [0.29, 0.717) is 0 Å². The summed E-state index contributed by atoms with van der Waals surface area (Å²) in [5, 5.41) is 8.25. The average molecular weight is 233 g/mol. The van der Waals surface area contributed by atoms with Gasteiger partial charge in [-0.05, 0) is 0 Å². The normalized spacial score (nSPS) is 6.40. The third kappa shape index (κ3) is 176. The molecule has 0 aliphatic rings. The molecule has 0 aliphatic carbocycles. The minimum absolute atomic E-state index is 0. The molecule has 0 amide bonds. The van der Waals surface area contributed by atoms with Crippen molar-refractivity contribution in [3.8, 4) is 0 Å². The van der Waals surface area contributed by atoms with Crippen molar-refractivity contribution in [3.05, 3.63) is 0 Å². The first-order valence-corrected chi connectivity index (χ1v) is 2.33. The maximum Gasteiger partial charge on any atom is 0.476 e. The largest absolute Gasteiger partial charge is 0.857 e. The predicted octanol–water partition coefficient (Wildman–Crippen LogP) is -0.701. The van der Waals surface area contributed by atoms with Gasteiger partial charge in [-0.3, -0.25) is 4.70 Å². The summed E-state index contributed by atoms with van der Waals surface area (Å²) in [5.41, 5.74) is 0. The second-order valence-electron chi connectivity index (χ2n) is 0.378. The van der Waals surface area contributed by atoms with Crippen molar-refractivity contribution in [1.82, 2.24) is 0 Å². The van der Waals surface area contributed by atoms with Crippen LogP contribution < -0.4 is 5.11 Å². The maximum absolute atomic E-state index is 9.99. The van der Waals surface area contributed by atoms with Crippen LogP contribution in [0.1, 0.15) is 0 Å². The fourth-order valence-electron chi connectivity index (χ4n) is 0. The van der Waals surface area contributed by atoms with Crippen molar-refractivity contribution < 1.29 is 101 Å². The van der Waals surface area contributed by atoms with Gasteiger partial charge in [0, 0.05) is 75.5 Å². The molecule has 0 rings (SSSR count). The molecule has 0 radical (unpaired) electrons. The van der Waals surface area contributed by atoms with E-state index >= 15 is 0 Å². The van der Waals surface area contributed by atoms with E-state index in [1.807, 2.05) is 0 Å². The van der Waals surface area contributed by atoms with Crippen molar-refractivity contribution in [2.75, 3.05) is 7.11 Å². The van der Waals surface area contributed by atoms with Gasteiger partial charge >= 0.3 is 10.6 Å². The van der Waals surface area contributed by atoms with Crippen molar-refractivity contribution >= 4 is 10.6 Å². The molecule has 0 unspecified atom stereocenters. The summed E-state index contributed by atoms with van der Waals surface area (Å²) in [6.45, 7) is 0. The molecular formula is CH4Ar2F3O3S-. The number of rotatable bonds is 0. The van der Waals surface area contributed by atoms with Crippen molar-refractivity contribution in [2.24, 2.45) is 0 Å². The van der Waals surface area contributed by atoms with Crippen LogP contribution in [0.25, 0.3) is 0 Å². The topological polar surface area (TPSA) is 57.2 Å². The van der Waals surface area contributed by atoms with Gasteiger partial charge in [-0.1, -0.05) is 7.77 Å². The Morgan fingerprint density at radius 1 is 1.10 bits per heavy atom. The minimum Gasteiger partial charge on any atom is -0.857 e. The van der Waals surface area contributed by atoms with Gasteiger partial charge in [0.2, 0.25) is 0 Å². The standard InChI is InChI=1S/CH3O.2Ar.F2O2S.FH/c1-2;;;1-5(2,3)4;/h1H3;;;;1H/q-1;;;;. The summed E-state index contributed by atoms with van der Waals surface area (Å²) < 4.78 is 36.6. The third-order valence-electron chi connectivity index (χ3n) is 0. The quantitative estimate of drug-likeness (QED) is 0.520. The molecule has 0 aliphatic heterocycles. The SMILES string of the molecule is C[O-].F.O=S(=O)(F)F.[Ar].[Ar]. The van der Waals surface area contributed by atoms with Crippen LogP contribution in [-0.4, -0.2) is 15.5 Å². The van der Waals surface area contributed by atoms with Gasteiger partial charge in [0.1, 0.15) is 0 Å². The molecule has 0 spiro atoms. The van der Waals surface area contributed by atoms with E-state index in [4.69, 9.17) is 13.5 Å². The molecule has 0 fully saturated rings. The van der Waals surface area contributed by atoms with Crippen LogP contribution in [-0.2, 0) is 10.6 Å². The molecule has 0 saturated heterocycles. The van der Waals surface area contributed by atoms with Crippen LogP contribution in [0, 0.1) is 75.5 Å². The summed E-state index contributed by atoms with van der Waals surface area (Å²) >= 11 is 0. The molecule has 9 heteroatoms. The molecule has 0 N–H and O–H groups in total. The zero-order chi connectivity index (χ0) is 6.50. The molecule has 70 valence electrons. The summed E-state index contributed by atoms with van der Waals surface area (Å²) in [5.74, 6) is 0. The van der Waals surface area contributed by atoms with Gasteiger partial charge in [0.25, 0.3) is 0 Å². The Kier molecular flexibility index (Phi) is 51.2. The van der Waals surface area contributed by atoms with Crippen LogP contribution in [0.3, 0.4) is 0 Å². The van der Waals surface area contributed by atoms with E-state index in [1.54, 1.807) is 0 Å². The summed E-state index contributed by atoms with van der Waals surface area (Å²) in [6.07, 6.45) is 0. The maximum atomic E-state index is 9.99. The van der Waals surface area contributed by atoms with Crippen molar-refractivity contribution in [2.45, 2.75) is 0 Å². The second-order valence-corrected chi connectivity index (χ2v) is 1.14. The molecule has 0 saturated carbocycles. The van der Waals surface area contributed by atoms with E-state index in [-0.39, 0.29) is 80.2 Å². The smallest absolute Gasteiger partial charge is 0.476 e. The second kappa shape index (κ2) is 17.3. The van der Waals surface area contributed by atoms with Crippen molar-refractivity contribution in [3.63, 3.8) is 0 Å². The molecule has 10 heavy (non-hydrogen) atoms. The summed E-state index contributed by atoms with van der Waals surface area (Å²) in [4.78, 5) is 0. The number of hydrogen-bond donors (Lipinski definition) is 0. The Labute approximate surface area is 117 Å². The van der Waals surface area contributed by atoms with E-state index in [1.165, 1.54) is 0 Å². The minimum atomic E-state index is -5.67. The molecule has 0 aromatic rings. The first-order chi connectivity index (χ1) is 3.00. The number of hydrogen-bond acceptors (Lipinski definition) is 3.